The van der Waals surface area contributed by atoms with Crippen molar-refractivity contribution in [2.75, 3.05) is 107 Å². The number of nitrogens with zero attached hydrogens (tertiary/aromatic N) is 5. The summed E-state index contributed by atoms with van der Waals surface area (Å²) < 4.78 is 91.0. The van der Waals surface area contributed by atoms with Gasteiger partial charge in [0.25, 0.3) is 0 Å². The lowest BCUT2D eigenvalue weighted by atomic mass is 9.91. The minimum atomic E-state index is -3.58. The number of hydrogen-bond acceptors (Lipinski definition) is 13. The normalized spacial score (nSPS) is 12.8. The highest BCUT2D eigenvalue weighted by Gasteiger charge is 2.42. The summed E-state index contributed by atoms with van der Waals surface area (Å²) >= 11 is 24.4. The number of hydroxylamine groups is 2. The van der Waals surface area contributed by atoms with Crippen molar-refractivity contribution in [1.29, 1.82) is 0 Å². The van der Waals surface area contributed by atoms with Gasteiger partial charge in [-0.1, -0.05) is 119 Å². The number of carbonyl (C=O) groups is 2. The lowest BCUT2D eigenvalue weighted by Gasteiger charge is -2.25. The second-order valence-electron chi connectivity index (χ2n) is 22.8. The van der Waals surface area contributed by atoms with Gasteiger partial charge < -0.3 is 38.2 Å². The Bertz CT molecular complexity index is 3710. The van der Waals surface area contributed by atoms with Crippen LogP contribution in [-0.2, 0) is 36.7 Å². The molecule has 0 saturated carbocycles. The molecule has 512 valence electrons. The van der Waals surface area contributed by atoms with E-state index in [4.69, 9.17) is 74.8 Å². The highest BCUT2D eigenvalue weighted by Crippen LogP contribution is 2.32. The molecule has 0 saturated heterocycles. The number of likely N-dealkylation sites (N-methyl/N-ethyl adjacent to an activating group) is 2. The van der Waals surface area contributed by atoms with E-state index < -0.39 is 43.0 Å². The summed E-state index contributed by atoms with van der Waals surface area (Å²) in [4.78, 5) is 41.5. The Labute approximate surface area is 584 Å². The number of rotatable bonds is 30. The summed E-state index contributed by atoms with van der Waals surface area (Å²) in [6.07, 6.45) is -1.45. The van der Waals surface area contributed by atoms with Crippen LogP contribution >= 0.6 is 46.4 Å². The molecule has 1 amide bonds. The van der Waals surface area contributed by atoms with Crippen molar-refractivity contribution >= 4 is 69.9 Å². The van der Waals surface area contributed by atoms with Crippen LogP contribution in [0.25, 0.3) is 0 Å². The standard InChI is InChI=1S/C36H34Cl2F2N2O4.C28H30Cl2F2N2O3.C11H13NO2/c1-42(23-33(26-4-10-29(37)11-5-26)27-6-12-30(38)13-7-27)19-21-44-31-14-2-25(3-15-31)22-36(39,40)34(43)24-46-32-16-8-28(9-17-32)35-41-18-20-45-35;1-33(19-26(21-6-10-23(29)11-7-21)22-8-12-24(30)13-9-22)16-17-37-25-14-4-20(5-15-25)18-28(31,32)27(35)34(2)36-3;1-2-13-10-5-3-9(4-6-10)11-12-7-8-14-11/h2-17,33H,18-24H2,1H3;4-15,26H,16-19H2,1-3H3;3-6H,2,7-8H2,1H3. The Kier molecular flexibility index (Phi) is 28.4. The van der Waals surface area contributed by atoms with Gasteiger partial charge in [0.05, 0.1) is 26.8 Å². The number of aliphatic imine (C=N–C) groups is 2. The SMILES string of the molecule is CCOc1ccc(C2=NCCO2)cc1.CN(CCOc1ccc(CC(F)(F)C(=O)COc2ccc(C3=NCCO3)cc2)cc1)CC(c1ccc(Cl)cc1)c1ccc(Cl)cc1.CON(C)C(=O)C(F)(F)Cc1ccc(OCCN(C)CC(c2ccc(Cl)cc2)c2ccc(Cl)cc2)cc1. The first-order valence-electron chi connectivity index (χ1n) is 31.4. The number of amides is 1. The van der Waals surface area contributed by atoms with Crippen molar-refractivity contribution in [2.45, 2.75) is 43.4 Å². The summed E-state index contributed by atoms with van der Waals surface area (Å²) in [6, 6.07) is 58.4. The monoisotopic (exact) mass is 1410 g/mol. The average Bonchev–Trinajstić information content (AvgIpc) is 2.00. The number of halogens is 8. The molecule has 0 bridgehead atoms. The zero-order chi connectivity index (χ0) is 69.3. The summed E-state index contributed by atoms with van der Waals surface area (Å²) in [7, 11) is 6.34. The Hall–Kier alpha value is -8.20. The van der Waals surface area contributed by atoms with Crippen LogP contribution in [0.1, 0.15) is 63.3 Å². The van der Waals surface area contributed by atoms with Gasteiger partial charge in [-0.05, 0) is 176 Å². The fourth-order valence-corrected chi connectivity index (χ4v) is 10.8. The molecule has 8 aromatic carbocycles. The molecule has 10 rings (SSSR count). The van der Waals surface area contributed by atoms with Crippen LogP contribution in [0.5, 0.6) is 23.0 Å². The van der Waals surface area contributed by atoms with E-state index in [1.807, 2.05) is 142 Å². The maximum absolute atomic E-state index is 14.7. The first-order valence-corrected chi connectivity index (χ1v) is 32.9. The van der Waals surface area contributed by atoms with E-state index in [9.17, 15) is 27.2 Å². The average molecular weight is 1410 g/mol. The van der Waals surface area contributed by atoms with Crippen LogP contribution in [0.2, 0.25) is 20.1 Å². The molecule has 0 spiro atoms. The van der Waals surface area contributed by atoms with Gasteiger partial charge in [-0.2, -0.15) is 17.6 Å². The largest absolute Gasteiger partial charge is 0.494 e. The first kappa shape index (κ1) is 74.6. The van der Waals surface area contributed by atoms with E-state index in [0.717, 1.165) is 78.8 Å². The number of carbonyl (C=O) groups excluding carboxylic acids is 2. The molecule has 0 aliphatic carbocycles. The minimum absolute atomic E-state index is 0.0984. The van der Waals surface area contributed by atoms with Crippen LogP contribution in [0, 0.1) is 0 Å². The fraction of sp³-hybridized carbons (Fsp3) is 0.307. The van der Waals surface area contributed by atoms with Crippen LogP contribution in [0.4, 0.5) is 17.6 Å². The van der Waals surface area contributed by atoms with Crippen molar-refractivity contribution in [2.24, 2.45) is 9.98 Å². The van der Waals surface area contributed by atoms with Crippen molar-refractivity contribution in [3.63, 3.8) is 0 Å². The van der Waals surface area contributed by atoms with E-state index in [1.165, 1.54) is 12.1 Å². The summed E-state index contributed by atoms with van der Waals surface area (Å²) in [5, 5.41) is 3.25. The number of Topliss-reactive ketones (excluding diaryl/α,β-unsaturated/α-hetero) is 1. The topological polar surface area (TPSA) is 133 Å². The molecule has 2 aliphatic heterocycles. The summed E-state index contributed by atoms with van der Waals surface area (Å²) in [5.74, 6) is -6.04. The first-order chi connectivity index (χ1) is 46.6. The molecule has 0 fully saturated rings. The molecule has 0 aromatic heterocycles. The van der Waals surface area contributed by atoms with Gasteiger partial charge in [0, 0.05) is 89.1 Å². The quantitative estimate of drug-likeness (QED) is 0.0315. The predicted molar refractivity (Wildman–Crippen MR) is 375 cm³/mol. The third-order valence-corrected chi connectivity index (χ3v) is 16.6. The van der Waals surface area contributed by atoms with Crippen molar-refractivity contribution in [3.8, 4) is 23.0 Å². The van der Waals surface area contributed by atoms with Crippen LogP contribution in [0.3, 0.4) is 0 Å². The lowest BCUT2D eigenvalue weighted by molar-refractivity contribution is -0.194. The molecule has 2 heterocycles. The zero-order valence-electron chi connectivity index (χ0n) is 54.5. The van der Waals surface area contributed by atoms with Gasteiger partial charge in [0.2, 0.25) is 17.6 Å². The molecular weight excluding hydrogens is 1330 g/mol. The molecule has 22 heteroatoms. The number of ketones is 1. The molecule has 2 aliphatic rings. The summed E-state index contributed by atoms with van der Waals surface area (Å²) in [5.41, 5.74) is 6.97. The number of hydrogen-bond donors (Lipinski definition) is 0. The third kappa shape index (κ3) is 23.5. The van der Waals surface area contributed by atoms with Crippen molar-refractivity contribution in [3.05, 3.63) is 259 Å². The van der Waals surface area contributed by atoms with Gasteiger partial charge in [0.1, 0.15) is 49.4 Å². The molecule has 0 N–H and O–H groups in total. The predicted octanol–water partition coefficient (Wildman–Crippen LogP) is 15.9. The Morgan fingerprint density at radius 2 is 0.804 bits per heavy atom. The van der Waals surface area contributed by atoms with E-state index >= 15 is 0 Å². The molecule has 0 radical (unpaired) electrons. The second-order valence-corrected chi connectivity index (χ2v) is 24.6. The molecule has 97 heavy (non-hydrogen) atoms. The van der Waals surface area contributed by atoms with Gasteiger partial charge in [-0.3, -0.25) is 14.4 Å². The highest BCUT2D eigenvalue weighted by atomic mass is 35.5. The number of alkyl halides is 4. The van der Waals surface area contributed by atoms with Crippen LogP contribution < -0.4 is 18.9 Å². The van der Waals surface area contributed by atoms with Gasteiger partial charge >= 0.3 is 17.8 Å². The molecule has 0 atom stereocenters. The zero-order valence-corrected chi connectivity index (χ0v) is 57.5. The molecular formula is C75H77Cl4F4N5O9. The smallest absolute Gasteiger partial charge is 0.330 e. The molecule has 8 aromatic rings. The highest BCUT2D eigenvalue weighted by molar-refractivity contribution is 6.31. The van der Waals surface area contributed by atoms with E-state index in [-0.39, 0.29) is 11.8 Å². The van der Waals surface area contributed by atoms with Gasteiger partial charge in [-0.25, -0.2) is 15.0 Å². The lowest BCUT2D eigenvalue weighted by Crippen LogP contribution is -2.42. The van der Waals surface area contributed by atoms with Gasteiger partial charge in [-0.15, -0.1) is 0 Å². The van der Waals surface area contributed by atoms with Crippen LogP contribution in [0.15, 0.2) is 204 Å². The maximum Gasteiger partial charge on any atom is 0.330 e. The van der Waals surface area contributed by atoms with Crippen molar-refractivity contribution in [1.82, 2.24) is 14.9 Å². The molecule has 14 nitrogen and oxygen atoms in total. The fourth-order valence-electron chi connectivity index (χ4n) is 10.3. The number of ether oxygens (including phenoxy) is 6. The minimum Gasteiger partial charge on any atom is -0.494 e. The summed E-state index contributed by atoms with van der Waals surface area (Å²) in [6.45, 7) is 8.09. The molecule has 0 unspecified atom stereocenters. The maximum atomic E-state index is 14.7. The Morgan fingerprint density at radius 1 is 0.474 bits per heavy atom. The second kappa shape index (κ2) is 37.0. The van der Waals surface area contributed by atoms with Crippen molar-refractivity contribution < 1.29 is 60.4 Å². The van der Waals surface area contributed by atoms with E-state index in [2.05, 4.69) is 24.6 Å². The van der Waals surface area contributed by atoms with Gasteiger partial charge in [0.15, 0.2) is 6.61 Å². The Balaban J connectivity index is 0.000000209. The number of benzene rings is 8. The van der Waals surface area contributed by atoms with E-state index in [0.29, 0.717) is 112 Å². The Morgan fingerprint density at radius 3 is 1.13 bits per heavy atom. The van der Waals surface area contributed by atoms with E-state index in [1.54, 1.807) is 60.7 Å². The third-order valence-electron chi connectivity index (χ3n) is 15.6. The van der Waals surface area contributed by atoms with Crippen LogP contribution in [-0.4, -0.2) is 157 Å².